The smallest absolute Gasteiger partial charge is 0.322 e. The fraction of sp³-hybridized carbons (Fsp3) is 0.667. The lowest BCUT2D eigenvalue weighted by Crippen LogP contribution is -2.61. The first-order valence-corrected chi connectivity index (χ1v) is 12.2. The van der Waals surface area contributed by atoms with Crippen LogP contribution in [0.5, 0.6) is 0 Å². The van der Waals surface area contributed by atoms with Gasteiger partial charge in [-0.25, -0.2) is 0 Å². The summed E-state index contributed by atoms with van der Waals surface area (Å²) in [7, 11) is 0. The van der Waals surface area contributed by atoms with E-state index in [1.807, 2.05) is 19.2 Å². The van der Waals surface area contributed by atoms with Crippen LogP contribution in [-0.2, 0) is 33.6 Å². The van der Waals surface area contributed by atoms with E-state index in [1.165, 1.54) is 0 Å². The second-order valence-electron chi connectivity index (χ2n) is 8.77. The molecule has 216 valence electrons. The number of nitrogens with two attached hydrogens (primary N) is 2. The maximum Gasteiger partial charge on any atom is 0.322 e. The third-order valence-corrected chi connectivity index (χ3v) is 5.24. The van der Waals surface area contributed by atoms with Gasteiger partial charge in [0.05, 0.1) is 19.1 Å². The van der Waals surface area contributed by atoms with Gasteiger partial charge >= 0.3 is 5.97 Å². The van der Waals surface area contributed by atoms with Crippen LogP contribution in [0.25, 0.3) is 0 Å². The quantitative estimate of drug-likeness (QED) is 0.0755. The molecule has 0 bridgehead atoms. The number of hydrogen-bond donors (Lipinski definition) is 10. The summed E-state index contributed by atoms with van der Waals surface area (Å²) < 4.78 is 0. The minimum Gasteiger partial charge on any atom is -0.480 e. The van der Waals surface area contributed by atoms with E-state index in [0.29, 0.717) is 0 Å². The van der Waals surface area contributed by atoms with Crippen molar-refractivity contribution in [1.82, 2.24) is 26.6 Å². The average Bonchev–Trinajstić information content (AvgIpc) is 2.81. The number of aliphatic carboxylic acids is 1. The molecular weight excluding hydrogens is 526 g/mol. The van der Waals surface area contributed by atoms with Crippen LogP contribution < -0.4 is 38.1 Å². The van der Waals surface area contributed by atoms with Crippen molar-refractivity contribution in [2.24, 2.45) is 17.4 Å². The van der Waals surface area contributed by atoms with Crippen LogP contribution in [0.4, 0.5) is 0 Å². The van der Waals surface area contributed by atoms with Crippen LogP contribution in [0.2, 0.25) is 0 Å². The van der Waals surface area contributed by atoms with Gasteiger partial charge in [-0.3, -0.25) is 33.6 Å². The Kier molecular flexibility index (Phi) is 15.6. The summed E-state index contributed by atoms with van der Waals surface area (Å²) >= 11 is 4.04. The number of carboxylic acids is 1. The number of amides is 6. The monoisotopic (exact) mass is 563 g/mol. The van der Waals surface area contributed by atoms with Gasteiger partial charge in [-0.05, 0) is 19.3 Å². The Balaban J connectivity index is 5.55. The molecule has 0 aromatic heterocycles. The van der Waals surface area contributed by atoms with E-state index in [4.69, 9.17) is 16.6 Å². The van der Waals surface area contributed by atoms with Gasteiger partial charge in [0.15, 0.2) is 0 Å². The Bertz CT molecular complexity index is 885. The first-order valence-electron chi connectivity index (χ1n) is 11.6. The van der Waals surface area contributed by atoms with Crippen molar-refractivity contribution in [1.29, 1.82) is 0 Å². The lowest BCUT2D eigenvalue weighted by molar-refractivity contribution is -0.139. The Morgan fingerprint density at radius 3 is 1.82 bits per heavy atom. The molecule has 5 atom stereocenters. The number of carboxylic acid groups (broad SMARTS) is 1. The highest BCUT2D eigenvalue weighted by Crippen LogP contribution is 2.06. The predicted molar refractivity (Wildman–Crippen MR) is 136 cm³/mol. The van der Waals surface area contributed by atoms with Crippen molar-refractivity contribution in [2.75, 3.05) is 18.8 Å². The summed E-state index contributed by atoms with van der Waals surface area (Å²) in [5.74, 6) is -6.95. The SMILES string of the molecule is CC(C)C[C@H](NC(=O)CN)C(=O)N[C@@H](CS)C(=O)N[C@H](C(=O)N[C@@H](CC(N)=O)C(=O)NCC(=O)O)[C@@H](C)O. The molecule has 0 unspecified atom stereocenters. The summed E-state index contributed by atoms with van der Waals surface area (Å²) in [6.07, 6.45) is -1.97. The molecule has 0 saturated carbocycles. The van der Waals surface area contributed by atoms with Gasteiger partial charge < -0.3 is 48.3 Å². The highest BCUT2D eigenvalue weighted by molar-refractivity contribution is 7.80. The number of hydrogen-bond acceptors (Lipinski definition) is 10. The van der Waals surface area contributed by atoms with Crippen LogP contribution in [0.3, 0.4) is 0 Å². The molecule has 0 aromatic rings. The van der Waals surface area contributed by atoms with Crippen molar-refractivity contribution in [2.45, 2.75) is 63.9 Å². The van der Waals surface area contributed by atoms with E-state index < -0.39 is 84.6 Å². The molecule has 17 heteroatoms. The number of rotatable bonds is 17. The van der Waals surface area contributed by atoms with Crippen molar-refractivity contribution < 1.29 is 43.8 Å². The second kappa shape index (κ2) is 17.1. The minimum atomic E-state index is -1.66. The molecule has 0 spiro atoms. The van der Waals surface area contributed by atoms with Gasteiger partial charge in [-0.1, -0.05) is 13.8 Å². The van der Waals surface area contributed by atoms with Crippen LogP contribution in [0.1, 0.15) is 33.6 Å². The normalized spacial score (nSPS) is 14.7. The van der Waals surface area contributed by atoms with Gasteiger partial charge in [-0.15, -0.1) is 0 Å². The zero-order valence-electron chi connectivity index (χ0n) is 21.4. The molecule has 38 heavy (non-hydrogen) atoms. The first-order chi connectivity index (χ1) is 17.6. The minimum absolute atomic E-state index is 0.00327. The summed E-state index contributed by atoms with van der Waals surface area (Å²) in [4.78, 5) is 84.3. The number of primary amides is 1. The summed E-state index contributed by atoms with van der Waals surface area (Å²) in [5, 5.41) is 30.0. The lowest BCUT2D eigenvalue weighted by atomic mass is 10.0. The second-order valence-corrected chi connectivity index (χ2v) is 9.13. The van der Waals surface area contributed by atoms with E-state index in [-0.39, 0.29) is 24.6 Å². The number of nitrogens with one attached hydrogen (secondary N) is 5. The third kappa shape index (κ3) is 13.2. The molecule has 0 radical (unpaired) electrons. The summed E-state index contributed by atoms with van der Waals surface area (Å²) in [6.45, 7) is 3.64. The van der Waals surface area contributed by atoms with Gasteiger partial charge in [0.2, 0.25) is 35.4 Å². The molecule has 11 N–H and O–H groups in total. The predicted octanol–water partition coefficient (Wildman–Crippen LogP) is -4.68. The molecule has 0 aliphatic heterocycles. The largest absolute Gasteiger partial charge is 0.480 e. The van der Waals surface area contributed by atoms with Crippen molar-refractivity contribution in [3.63, 3.8) is 0 Å². The third-order valence-electron chi connectivity index (χ3n) is 4.87. The topological polar surface area (TPSA) is 272 Å². The van der Waals surface area contributed by atoms with Crippen molar-refractivity contribution in [3.05, 3.63) is 0 Å². The van der Waals surface area contributed by atoms with E-state index in [0.717, 1.165) is 6.92 Å². The fourth-order valence-corrected chi connectivity index (χ4v) is 3.30. The molecule has 0 rings (SSSR count). The van der Waals surface area contributed by atoms with Gasteiger partial charge in [0.25, 0.3) is 0 Å². The standard InChI is InChI=1S/C21H37N7O9S/c1-9(2)4-11(25-15(31)6-22)19(35)27-13(8-38)20(36)28-17(10(3)29)21(37)26-12(5-14(23)30)18(34)24-7-16(32)33/h9-13,17,29,38H,4-8,22H2,1-3H3,(H2,23,30)(H,24,34)(H,25,31)(H,26,37)(H,27,35)(H,28,36)(H,32,33)/t10-,11+,12+,13+,17+/m1/s1. The van der Waals surface area contributed by atoms with Gasteiger partial charge in [0.1, 0.15) is 30.7 Å². The molecule has 0 saturated heterocycles. The zero-order chi connectivity index (χ0) is 29.6. The van der Waals surface area contributed by atoms with E-state index in [1.54, 1.807) is 0 Å². The maximum absolute atomic E-state index is 12.8. The van der Waals surface area contributed by atoms with Crippen LogP contribution in [-0.4, -0.2) is 101 Å². The Labute approximate surface area is 224 Å². The highest BCUT2D eigenvalue weighted by Gasteiger charge is 2.33. The Hall–Kier alpha value is -3.44. The molecule has 0 heterocycles. The molecule has 0 aliphatic rings. The molecule has 0 fully saturated rings. The van der Waals surface area contributed by atoms with Gasteiger partial charge in [0, 0.05) is 5.75 Å². The molecule has 0 aromatic carbocycles. The maximum atomic E-state index is 12.8. The summed E-state index contributed by atoms with van der Waals surface area (Å²) in [6, 6.07) is -5.56. The highest BCUT2D eigenvalue weighted by atomic mass is 32.1. The van der Waals surface area contributed by atoms with Gasteiger partial charge in [-0.2, -0.15) is 12.6 Å². The number of thiol groups is 1. The Morgan fingerprint density at radius 1 is 0.816 bits per heavy atom. The average molecular weight is 564 g/mol. The molecule has 0 aliphatic carbocycles. The first kappa shape index (κ1) is 34.6. The number of carbonyl (C=O) groups excluding carboxylic acids is 6. The molecular formula is C21H37N7O9S. The van der Waals surface area contributed by atoms with E-state index in [2.05, 4.69) is 33.9 Å². The van der Waals surface area contributed by atoms with E-state index in [9.17, 15) is 38.7 Å². The van der Waals surface area contributed by atoms with E-state index >= 15 is 0 Å². The molecule has 6 amide bonds. The fourth-order valence-electron chi connectivity index (χ4n) is 3.04. The van der Waals surface area contributed by atoms with Crippen LogP contribution in [0, 0.1) is 5.92 Å². The summed E-state index contributed by atoms with van der Waals surface area (Å²) in [5.41, 5.74) is 10.4. The number of carbonyl (C=O) groups is 7. The number of aliphatic hydroxyl groups excluding tert-OH is 1. The Morgan fingerprint density at radius 2 is 1.37 bits per heavy atom. The van der Waals surface area contributed by atoms with Crippen LogP contribution in [0.15, 0.2) is 0 Å². The van der Waals surface area contributed by atoms with Crippen LogP contribution >= 0.6 is 12.6 Å². The van der Waals surface area contributed by atoms with Crippen molar-refractivity contribution in [3.8, 4) is 0 Å². The number of aliphatic hydroxyl groups is 1. The lowest BCUT2D eigenvalue weighted by Gasteiger charge is -2.27. The van der Waals surface area contributed by atoms with Crippen molar-refractivity contribution >= 4 is 54.0 Å². The molecule has 16 nitrogen and oxygen atoms in total. The zero-order valence-corrected chi connectivity index (χ0v) is 22.2.